The lowest BCUT2D eigenvalue weighted by Crippen LogP contribution is -2.54. The molecule has 208 valence electrons. The Morgan fingerprint density at radius 2 is 1.71 bits per heavy atom. The fourth-order valence-electron chi connectivity index (χ4n) is 3.43. The van der Waals surface area contributed by atoms with Gasteiger partial charge in [0.25, 0.3) is 0 Å². The summed E-state index contributed by atoms with van der Waals surface area (Å²) in [5.74, 6) is -0.660. The van der Waals surface area contributed by atoms with Crippen molar-refractivity contribution in [3.05, 3.63) is 53.3 Å². The van der Waals surface area contributed by atoms with Gasteiger partial charge in [0.2, 0.25) is 11.8 Å². The standard InChI is InChI=1S/C27H39FN6O2.CH2O/c1-26(2,3)21-17-22(19-11-13-20(28)14-12-19)31-34(24(21)29)16-10-9-15-33(18-23(35)32(7)8)25(36)27(4,5)30-6;1-2/h10-14,16-17,29-30H,9,15,18H2,1-8H3;1H2/b16-10+,29-24?;. The summed E-state index contributed by atoms with van der Waals surface area (Å²) in [6.07, 6.45) is 3.99. The molecule has 0 unspecified atom stereocenters. The van der Waals surface area contributed by atoms with E-state index < -0.39 is 5.54 Å². The lowest BCUT2D eigenvalue weighted by atomic mass is 9.87. The van der Waals surface area contributed by atoms with E-state index in [9.17, 15) is 14.0 Å². The molecule has 0 saturated carbocycles. The van der Waals surface area contributed by atoms with Crippen molar-refractivity contribution in [1.29, 1.82) is 5.41 Å². The summed E-state index contributed by atoms with van der Waals surface area (Å²) in [5.41, 5.74) is 1.30. The molecule has 0 atom stereocenters. The van der Waals surface area contributed by atoms with Crippen LogP contribution in [-0.4, -0.2) is 78.0 Å². The third-order valence-electron chi connectivity index (χ3n) is 6.01. The van der Waals surface area contributed by atoms with Crippen molar-refractivity contribution in [3.8, 4) is 11.3 Å². The van der Waals surface area contributed by atoms with Crippen LogP contribution in [0.25, 0.3) is 17.5 Å². The Bertz CT molecular complexity index is 1180. The minimum Gasteiger partial charge on any atom is -0.347 e. The summed E-state index contributed by atoms with van der Waals surface area (Å²) in [6, 6.07) is 7.96. The van der Waals surface area contributed by atoms with Gasteiger partial charge in [-0.05, 0) is 63.1 Å². The molecule has 1 aromatic heterocycles. The minimum atomic E-state index is -0.813. The first kappa shape index (κ1) is 32.4. The van der Waals surface area contributed by atoms with E-state index in [1.807, 2.05) is 39.7 Å². The van der Waals surface area contributed by atoms with Crippen LogP contribution in [-0.2, 0) is 19.8 Å². The number of nitrogens with zero attached hydrogens (tertiary/aromatic N) is 4. The predicted molar refractivity (Wildman–Crippen MR) is 148 cm³/mol. The number of rotatable bonds is 9. The molecule has 1 heterocycles. The summed E-state index contributed by atoms with van der Waals surface area (Å²) in [6.45, 7) is 11.9. The second kappa shape index (κ2) is 13.8. The maximum absolute atomic E-state index is 13.4. The van der Waals surface area contributed by atoms with Crippen molar-refractivity contribution in [2.75, 3.05) is 34.2 Å². The van der Waals surface area contributed by atoms with Gasteiger partial charge in [0.1, 0.15) is 18.1 Å². The fraction of sp³-hybridized carbons (Fsp3) is 0.464. The lowest BCUT2D eigenvalue weighted by Gasteiger charge is -2.31. The van der Waals surface area contributed by atoms with Crippen molar-refractivity contribution in [3.63, 3.8) is 0 Å². The Kier molecular flexibility index (Phi) is 11.7. The first-order valence-corrected chi connectivity index (χ1v) is 12.3. The first-order valence-electron chi connectivity index (χ1n) is 12.3. The van der Waals surface area contributed by atoms with Crippen LogP contribution in [0.1, 0.15) is 46.6 Å². The van der Waals surface area contributed by atoms with Gasteiger partial charge >= 0.3 is 0 Å². The van der Waals surface area contributed by atoms with Gasteiger partial charge in [0.15, 0.2) is 0 Å². The maximum Gasteiger partial charge on any atom is 0.242 e. The number of amides is 2. The van der Waals surface area contributed by atoms with Crippen LogP contribution >= 0.6 is 0 Å². The van der Waals surface area contributed by atoms with Crippen LogP contribution in [0.15, 0.2) is 36.4 Å². The van der Waals surface area contributed by atoms with Crippen LogP contribution < -0.4 is 10.8 Å². The molecule has 0 bridgehead atoms. The van der Waals surface area contributed by atoms with Gasteiger partial charge in [-0.1, -0.05) is 26.8 Å². The van der Waals surface area contributed by atoms with Gasteiger partial charge in [-0.15, -0.1) is 0 Å². The number of aromatic nitrogens is 2. The van der Waals surface area contributed by atoms with Gasteiger partial charge in [-0.3, -0.25) is 15.0 Å². The van der Waals surface area contributed by atoms with E-state index in [-0.39, 0.29) is 35.1 Å². The number of hydrogen-bond acceptors (Lipinski definition) is 6. The smallest absolute Gasteiger partial charge is 0.242 e. The molecule has 2 rings (SSSR count). The summed E-state index contributed by atoms with van der Waals surface area (Å²) in [7, 11) is 5.03. The van der Waals surface area contributed by atoms with Crippen molar-refractivity contribution in [2.24, 2.45) is 0 Å². The van der Waals surface area contributed by atoms with E-state index in [0.717, 1.165) is 11.1 Å². The number of hydrogen-bond donors (Lipinski definition) is 2. The molecular weight excluding hydrogens is 487 g/mol. The SMILES string of the molecule is C=O.CNC(C)(C)C(=O)N(CC/C=C/n1nc(-c2ccc(F)cc2)cc(C(C)(C)C)c1=N)CC(=O)N(C)C. The maximum atomic E-state index is 13.4. The number of nitrogens with one attached hydrogen (secondary N) is 2. The van der Waals surface area contributed by atoms with Crippen molar-refractivity contribution in [2.45, 2.75) is 52.0 Å². The third-order valence-corrected chi connectivity index (χ3v) is 6.01. The van der Waals surface area contributed by atoms with Gasteiger partial charge in [0, 0.05) is 38.0 Å². The molecule has 0 spiro atoms. The quantitative estimate of drug-likeness (QED) is 0.520. The molecule has 9 nitrogen and oxygen atoms in total. The highest BCUT2D eigenvalue weighted by atomic mass is 19.1. The number of halogens is 1. The highest BCUT2D eigenvalue weighted by Gasteiger charge is 2.31. The molecule has 0 aliphatic heterocycles. The topological polar surface area (TPSA) is 111 Å². The first-order chi connectivity index (χ1) is 17.7. The van der Waals surface area contributed by atoms with Crippen LogP contribution in [0.4, 0.5) is 4.39 Å². The molecule has 2 aromatic rings. The van der Waals surface area contributed by atoms with Gasteiger partial charge in [-0.25, -0.2) is 9.07 Å². The van der Waals surface area contributed by atoms with Crippen LogP contribution in [0.2, 0.25) is 0 Å². The molecule has 2 N–H and O–H groups in total. The largest absolute Gasteiger partial charge is 0.347 e. The molecule has 0 radical (unpaired) electrons. The van der Waals surface area contributed by atoms with Crippen molar-refractivity contribution < 1.29 is 18.8 Å². The van der Waals surface area contributed by atoms with E-state index in [1.54, 1.807) is 58.2 Å². The fourth-order valence-corrected chi connectivity index (χ4v) is 3.43. The van der Waals surface area contributed by atoms with Gasteiger partial charge < -0.3 is 19.9 Å². The molecule has 10 heteroatoms. The van der Waals surface area contributed by atoms with Crippen molar-refractivity contribution in [1.82, 2.24) is 24.9 Å². The van der Waals surface area contributed by atoms with Crippen LogP contribution in [0.5, 0.6) is 0 Å². The zero-order chi connectivity index (χ0) is 29.3. The van der Waals surface area contributed by atoms with E-state index in [0.29, 0.717) is 18.7 Å². The van der Waals surface area contributed by atoms with E-state index >= 15 is 0 Å². The zero-order valence-electron chi connectivity index (χ0n) is 23.8. The number of carbonyl (C=O) groups excluding carboxylic acids is 3. The average Bonchev–Trinajstić information content (AvgIpc) is 2.87. The Balaban J connectivity index is 0.00000352. The average molecular weight is 529 g/mol. The molecule has 1 aromatic carbocycles. The summed E-state index contributed by atoms with van der Waals surface area (Å²) in [5, 5.41) is 16.3. The molecule has 0 aliphatic rings. The highest BCUT2D eigenvalue weighted by Crippen LogP contribution is 2.24. The minimum absolute atomic E-state index is 0.0197. The summed E-state index contributed by atoms with van der Waals surface area (Å²) in [4.78, 5) is 36.4. The van der Waals surface area contributed by atoms with Crippen LogP contribution in [0.3, 0.4) is 0 Å². The molecular formula is C28H41FN6O3. The van der Waals surface area contributed by atoms with Gasteiger partial charge in [-0.2, -0.15) is 5.10 Å². The Hall–Kier alpha value is -3.66. The Morgan fingerprint density at radius 3 is 2.21 bits per heavy atom. The van der Waals surface area contributed by atoms with Crippen LogP contribution in [0, 0.1) is 11.2 Å². The van der Waals surface area contributed by atoms with Crippen molar-refractivity contribution >= 4 is 24.8 Å². The van der Waals surface area contributed by atoms with E-state index in [2.05, 4.69) is 10.4 Å². The summed E-state index contributed by atoms with van der Waals surface area (Å²) >= 11 is 0. The summed E-state index contributed by atoms with van der Waals surface area (Å²) < 4.78 is 14.9. The molecule has 0 saturated heterocycles. The Labute approximate surface area is 224 Å². The van der Waals surface area contributed by atoms with E-state index in [1.165, 1.54) is 21.7 Å². The molecule has 38 heavy (non-hydrogen) atoms. The number of benzene rings is 1. The zero-order valence-corrected chi connectivity index (χ0v) is 23.8. The van der Waals surface area contributed by atoms with Gasteiger partial charge in [0.05, 0.1) is 17.8 Å². The van der Waals surface area contributed by atoms with E-state index in [4.69, 9.17) is 10.2 Å². The number of carbonyl (C=O) groups is 3. The lowest BCUT2D eigenvalue weighted by molar-refractivity contribution is -0.142. The second-order valence-corrected chi connectivity index (χ2v) is 10.6. The molecule has 0 fully saturated rings. The second-order valence-electron chi connectivity index (χ2n) is 10.6. The Morgan fingerprint density at radius 1 is 1.13 bits per heavy atom. The predicted octanol–water partition coefficient (Wildman–Crippen LogP) is 3.06. The molecule has 0 aliphatic carbocycles. The normalized spacial score (nSPS) is 11.6. The third kappa shape index (κ3) is 8.72. The highest BCUT2D eigenvalue weighted by molar-refractivity contribution is 5.89. The number of likely N-dealkylation sites (N-methyl/N-ethyl adjacent to an activating group) is 2. The monoisotopic (exact) mass is 528 g/mol. The molecule has 2 amide bonds.